The number of rotatable bonds is 7. The minimum atomic E-state index is 0. The molecular formula is C26H38IN5O. The van der Waals surface area contributed by atoms with Crippen LogP contribution in [0.25, 0.3) is 0 Å². The van der Waals surface area contributed by atoms with Gasteiger partial charge in [-0.1, -0.05) is 54.6 Å². The van der Waals surface area contributed by atoms with Gasteiger partial charge in [-0.2, -0.15) is 0 Å². The van der Waals surface area contributed by atoms with Crippen molar-refractivity contribution < 1.29 is 4.74 Å². The predicted molar refractivity (Wildman–Crippen MR) is 146 cm³/mol. The van der Waals surface area contributed by atoms with Crippen LogP contribution in [-0.2, 0) is 24.4 Å². The van der Waals surface area contributed by atoms with Crippen LogP contribution in [0.3, 0.4) is 0 Å². The van der Waals surface area contributed by atoms with Gasteiger partial charge in [0.25, 0.3) is 0 Å². The van der Waals surface area contributed by atoms with Crippen molar-refractivity contribution in [3.63, 3.8) is 0 Å². The molecule has 0 saturated carbocycles. The van der Waals surface area contributed by atoms with Crippen LogP contribution in [0.1, 0.15) is 30.0 Å². The third kappa shape index (κ3) is 7.95. The number of guanidine groups is 1. The van der Waals surface area contributed by atoms with E-state index in [-0.39, 0.29) is 24.0 Å². The van der Waals surface area contributed by atoms with Gasteiger partial charge in [-0.05, 0) is 30.0 Å². The summed E-state index contributed by atoms with van der Waals surface area (Å²) in [5, 5.41) is 7.11. The first-order chi connectivity index (χ1) is 15.7. The van der Waals surface area contributed by atoms with E-state index >= 15 is 0 Å². The summed E-state index contributed by atoms with van der Waals surface area (Å²) in [6, 6.07) is 20.6. The molecule has 33 heavy (non-hydrogen) atoms. The fraction of sp³-hybridized carbons (Fsp3) is 0.500. The number of hydrogen-bond acceptors (Lipinski definition) is 4. The van der Waals surface area contributed by atoms with Crippen molar-refractivity contribution in [1.82, 2.24) is 20.4 Å². The smallest absolute Gasteiger partial charge is 0.191 e. The molecule has 0 aliphatic carbocycles. The summed E-state index contributed by atoms with van der Waals surface area (Å²) in [7, 11) is 1.85. The Labute approximate surface area is 215 Å². The Morgan fingerprint density at radius 1 is 0.970 bits per heavy atom. The lowest BCUT2D eigenvalue weighted by Crippen LogP contribution is -2.44. The van der Waals surface area contributed by atoms with E-state index < -0.39 is 0 Å². The van der Waals surface area contributed by atoms with Gasteiger partial charge in [0.15, 0.2) is 5.96 Å². The zero-order valence-electron chi connectivity index (χ0n) is 19.9. The number of nitrogens with zero attached hydrogens (tertiary/aromatic N) is 3. The fourth-order valence-electron chi connectivity index (χ4n) is 4.60. The molecule has 6 nitrogen and oxygen atoms in total. The summed E-state index contributed by atoms with van der Waals surface area (Å²) in [5.41, 5.74) is 4.00. The highest BCUT2D eigenvalue weighted by atomic mass is 127. The molecule has 2 N–H and O–H groups in total. The summed E-state index contributed by atoms with van der Waals surface area (Å²) in [5.74, 6) is 0.876. The molecule has 0 bridgehead atoms. The SMILES string of the molecule is CN=C(NCc1ccc(CN2CCOCC2)cc1)NC1CC(C)N(Cc2ccccc2)C1.I. The first kappa shape index (κ1) is 25.9. The van der Waals surface area contributed by atoms with Crippen LogP contribution < -0.4 is 10.6 Å². The Hall–Kier alpha value is -1.68. The molecule has 2 heterocycles. The van der Waals surface area contributed by atoms with Gasteiger partial charge in [0.05, 0.1) is 13.2 Å². The zero-order valence-corrected chi connectivity index (χ0v) is 22.2. The van der Waals surface area contributed by atoms with Gasteiger partial charge in [-0.3, -0.25) is 14.8 Å². The van der Waals surface area contributed by atoms with Gasteiger partial charge in [-0.15, -0.1) is 24.0 Å². The Morgan fingerprint density at radius 3 is 2.33 bits per heavy atom. The number of hydrogen-bond donors (Lipinski definition) is 2. The highest BCUT2D eigenvalue weighted by Gasteiger charge is 2.29. The van der Waals surface area contributed by atoms with E-state index in [4.69, 9.17) is 4.74 Å². The van der Waals surface area contributed by atoms with E-state index in [1.165, 1.54) is 16.7 Å². The van der Waals surface area contributed by atoms with Gasteiger partial charge in [-0.25, -0.2) is 0 Å². The minimum Gasteiger partial charge on any atom is -0.379 e. The molecule has 2 fully saturated rings. The van der Waals surface area contributed by atoms with Crippen LogP contribution in [0.4, 0.5) is 0 Å². The van der Waals surface area contributed by atoms with Crippen LogP contribution in [0.2, 0.25) is 0 Å². The molecule has 180 valence electrons. The third-order valence-corrected chi connectivity index (χ3v) is 6.49. The molecule has 0 spiro atoms. The highest BCUT2D eigenvalue weighted by molar-refractivity contribution is 14.0. The Balaban J connectivity index is 0.00000306. The number of ether oxygens (including phenoxy) is 1. The summed E-state index contributed by atoms with van der Waals surface area (Å²) in [6.45, 7) is 9.86. The van der Waals surface area contributed by atoms with E-state index in [0.717, 1.165) is 64.9 Å². The van der Waals surface area contributed by atoms with Crippen molar-refractivity contribution in [2.24, 2.45) is 4.99 Å². The van der Waals surface area contributed by atoms with Crippen LogP contribution in [0.5, 0.6) is 0 Å². The predicted octanol–water partition coefficient (Wildman–Crippen LogP) is 3.46. The van der Waals surface area contributed by atoms with E-state index in [0.29, 0.717) is 12.1 Å². The van der Waals surface area contributed by atoms with Crippen molar-refractivity contribution in [2.75, 3.05) is 39.9 Å². The number of nitrogens with one attached hydrogen (secondary N) is 2. The molecule has 2 aliphatic rings. The molecule has 2 aromatic rings. The average molecular weight is 564 g/mol. The standard InChI is InChI=1S/C26H37N5O.HI/c1-21-16-25(20-31(21)19-23-6-4-3-5-7-23)29-26(27-2)28-17-22-8-10-24(11-9-22)18-30-12-14-32-15-13-30;/h3-11,21,25H,12-20H2,1-2H3,(H2,27,28,29);1H. The third-order valence-electron chi connectivity index (χ3n) is 6.49. The lowest BCUT2D eigenvalue weighted by molar-refractivity contribution is 0.0342. The normalized spacial score (nSPS) is 22.1. The molecule has 2 saturated heterocycles. The molecule has 2 aliphatic heterocycles. The van der Waals surface area contributed by atoms with E-state index in [9.17, 15) is 0 Å². The molecule has 2 atom stereocenters. The Morgan fingerprint density at radius 2 is 1.64 bits per heavy atom. The summed E-state index contributed by atoms with van der Waals surface area (Å²) in [4.78, 5) is 9.45. The molecule has 4 rings (SSSR count). The van der Waals surface area contributed by atoms with Gasteiger partial charge >= 0.3 is 0 Å². The number of benzene rings is 2. The second-order valence-electron chi connectivity index (χ2n) is 8.97. The van der Waals surface area contributed by atoms with Gasteiger partial charge in [0.1, 0.15) is 0 Å². The first-order valence-electron chi connectivity index (χ1n) is 11.8. The minimum absolute atomic E-state index is 0. The quantitative estimate of drug-likeness (QED) is 0.307. The molecule has 0 amide bonds. The maximum Gasteiger partial charge on any atom is 0.191 e. The van der Waals surface area contributed by atoms with Gasteiger partial charge in [0, 0.05) is 58.4 Å². The van der Waals surface area contributed by atoms with Crippen molar-refractivity contribution in [2.45, 2.75) is 45.1 Å². The van der Waals surface area contributed by atoms with E-state index in [1.54, 1.807) is 0 Å². The summed E-state index contributed by atoms with van der Waals surface area (Å²) < 4.78 is 5.44. The highest BCUT2D eigenvalue weighted by Crippen LogP contribution is 2.20. The second-order valence-corrected chi connectivity index (χ2v) is 8.97. The van der Waals surface area contributed by atoms with E-state index in [1.807, 2.05) is 7.05 Å². The van der Waals surface area contributed by atoms with Crippen molar-refractivity contribution in [3.8, 4) is 0 Å². The molecule has 0 radical (unpaired) electrons. The van der Waals surface area contributed by atoms with Gasteiger partial charge < -0.3 is 15.4 Å². The van der Waals surface area contributed by atoms with Crippen molar-refractivity contribution in [3.05, 3.63) is 71.3 Å². The zero-order chi connectivity index (χ0) is 22.2. The molecule has 2 aromatic carbocycles. The second kappa shape index (κ2) is 13.3. The maximum atomic E-state index is 5.44. The molecular weight excluding hydrogens is 525 g/mol. The van der Waals surface area contributed by atoms with Crippen molar-refractivity contribution >= 4 is 29.9 Å². The molecule has 7 heteroatoms. The lowest BCUT2D eigenvalue weighted by atomic mass is 10.1. The van der Waals surface area contributed by atoms with Crippen LogP contribution in [0, 0.1) is 0 Å². The largest absolute Gasteiger partial charge is 0.379 e. The summed E-state index contributed by atoms with van der Waals surface area (Å²) >= 11 is 0. The number of morpholine rings is 1. The number of halogens is 1. The Bertz CT molecular complexity index is 855. The maximum absolute atomic E-state index is 5.44. The van der Waals surface area contributed by atoms with Crippen LogP contribution in [0.15, 0.2) is 59.6 Å². The van der Waals surface area contributed by atoms with Gasteiger partial charge in [0.2, 0.25) is 0 Å². The average Bonchev–Trinajstić information content (AvgIpc) is 3.17. The number of likely N-dealkylation sites (tertiary alicyclic amines) is 1. The van der Waals surface area contributed by atoms with Crippen molar-refractivity contribution in [1.29, 1.82) is 0 Å². The topological polar surface area (TPSA) is 52.1 Å². The first-order valence-corrected chi connectivity index (χ1v) is 11.8. The fourth-order valence-corrected chi connectivity index (χ4v) is 4.60. The van der Waals surface area contributed by atoms with Crippen LogP contribution in [-0.4, -0.2) is 67.7 Å². The van der Waals surface area contributed by atoms with E-state index in [2.05, 4.69) is 86.9 Å². The molecule has 2 unspecified atom stereocenters. The van der Waals surface area contributed by atoms with Crippen LogP contribution >= 0.6 is 24.0 Å². The molecule has 0 aromatic heterocycles. The lowest BCUT2D eigenvalue weighted by Gasteiger charge is -2.26. The number of aliphatic imine (C=N–C) groups is 1. The summed E-state index contributed by atoms with van der Waals surface area (Å²) in [6.07, 6.45) is 1.13. The monoisotopic (exact) mass is 563 g/mol. The Kier molecular flexibility index (Phi) is 10.4.